The number of nitrogens with zero attached hydrogens (tertiary/aromatic N) is 2. The van der Waals surface area contributed by atoms with Gasteiger partial charge in [0, 0.05) is 11.8 Å². The molecule has 16 heavy (non-hydrogen) atoms. The molecule has 0 amide bonds. The minimum absolute atomic E-state index is 0.388. The van der Waals surface area contributed by atoms with Crippen molar-refractivity contribution in [1.29, 1.82) is 0 Å². The molecule has 2 rings (SSSR count). The van der Waals surface area contributed by atoms with Crippen LogP contribution in [0.3, 0.4) is 0 Å². The Kier molecular flexibility index (Phi) is 3.63. The average molecular weight is 239 g/mol. The van der Waals surface area contributed by atoms with E-state index in [0.717, 1.165) is 0 Å². The Balaban J connectivity index is 1.98. The van der Waals surface area contributed by atoms with E-state index in [1.807, 2.05) is 0 Å². The highest BCUT2D eigenvalue weighted by atomic mass is 32.2. The van der Waals surface area contributed by atoms with E-state index in [1.165, 1.54) is 0 Å². The molecule has 0 aliphatic carbocycles. The summed E-state index contributed by atoms with van der Waals surface area (Å²) in [6.45, 7) is 2.71. The molecule has 0 aromatic carbocycles. The average Bonchev–Trinajstić information content (AvgIpc) is 2.95. The van der Waals surface area contributed by atoms with Crippen molar-refractivity contribution in [3.8, 4) is 11.7 Å². The highest BCUT2D eigenvalue weighted by Gasteiger charge is 2.11. The van der Waals surface area contributed by atoms with Gasteiger partial charge < -0.3 is 14.6 Å². The minimum Gasteiger partial charge on any atom is -0.459 e. The summed E-state index contributed by atoms with van der Waals surface area (Å²) >= 11 is 1.69. The molecule has 0 spiro atoms. The van der Waals surface area contributed by atoms with E-state index in [0.29, 0.717) is 35.1 Å². The Morgan fingerprint density at radius 3 is 3.06 bits per heavy atom. The molecular formula is C10H13N3O2S. The van der Waals surface area contributed by atoms with E-state index < -0.39 is 0 Å². The van der Waals surface area contributed by atoms with Crippen molar-refractivity contribution in [2.24, 2.45) is 5.73 Å². The summed E-state index contributed by atoms with van der Waals surface area (Å²) in [4.78, 5) is 0. The standard InChI is InChI=1S/C10H13N3O2S/c1-7(5-11)16-6-9-12-13-10(15-9)8-3-2-4-14-8/h2-4,7H,5-6,11H2,1H3. The molecule has 1 atom stereocenters. The van der Waals surface area contributed by atoms with Gasteiger partial charge in [-0.05, 0) is 12.1 Å². The SMILES string of the molecule is CC(CN)SCc1nnc(-c2ccco2)o1. The van der Waals surface area contributed by atoms with Crippen molar-refractivity contribution in [3.05, 3.63) is 24.3 Å². The van der Waals surface area contributed by atoms with Gasteiger partial charge in [-0.3, -0.25) is 0 Å². The fourth-order valence-electron chi connectivity index (χ4n) is 1.09. The summed E-state index contributed by atoms with van der Waals surface area (Å²) in [6.07, 6.45) is 1.57. The van der Waals surface area contributed by atoms with Crippen LogP contribution in [0.15, 0.2) is 27.2 Å². The molecule has 2 aromatic rings. The molecule has 0 bridgehead atoms. The van der Waals surface area contributed by atoms with Crippen LogP contribution in [0.25, 0.3) is 11.7 Å². The molecule has 1 unspecified atom stereocenters. The van der Waals surface area contributed by atoms with Crippen LogP contribution < -0.4 is 5.73 Å². The molecule has 0 aliphatic heterocycles. The van der Waals surface area contributed by atoms with Crippen LogP contribution >= 0.6 is 11.8 Å². The number of rotatable bonds is 5. The second-order valence-corrected chi connectivity index (χ2v) is 4.76. The molecule has 0 radical (unpaired) electrons. The topological polar surface area (TPSA) is 78.1 Å². The monoisotopic (exact) mass is 239 g/mol. The van der Waals surface area contributed by atoms with Gasteiger partial charge in [-0.15, -0.1) is 22.0 Å². The smallest absolute Gasteiger partial charge is 0.283 e. The third-order valence-corrected chi connectivity index (χ3v) is 3.20. The van der Waals surface area contributed by atoms with Crippen LogP contribution in [0.1, 0.15) is 12.8 Å². The fourth-order valence-corrected chi connectivity index (χ4v) is 1.77. The summed E-state index contributed by atoms with van der Waals surface area (Å²) in [7, 11) is 0. The van der Waals surface area contributed by atoms with Crippen LogP contribution in [-0.4, -0.2) is 22.0 Å². The maximum Gasteiger partial charge on any atom is 0.283 e. The van der Waals surface area contributed by atoms with Crippen molar-refractivity contribution in [3.63, 3.8) is 0 Å². The maximum absolute atomic E-state index is 5.52. The number of aromatic nitrogens is 2. The lowest BCUT2D eigenvalue weighted by molar-refractivity contribution is 0.494. The molecule has 86 valence electrons. The van der Waals surface area contributed by atoms with Crippen LogP contribution in [0.4, 0.5) is 0 Å². The van der Waals surface area contributed by atoms with Crippen molar-refractivity contribution in [2.75, 3.05) is 6.54 Å². The fraction of sp³-hybridized carbons (Fsp3) is 0.400. The van der Waals surface area contributed by atoms with E-state index in [-0.39, 0.29) is 0 Å². The molecule has 0 fully saturated rings. The zero-order valence-corrected chi connectivity index (χ0v) is 9.74. The van der Waals surface area contributed by atoms with E-state index in [1.54, 1.807) is 30.2 Å². The predicted octanol–water partition coefficient (Wildman–Crippen LogP) is 1.91. The normalized spacial score (nSPS) is 12.9. The third-order valence-electron chi connectivity index (χ3n) is 2.02. The minimum atomic E-state index is 0.388. The molecule has 2 aromatic heterocycles. The van der Waals surface area contributed by atoms with E-state index in [9.17, 15) is 0 Å². The summed E-state index contributed by atoms with van der Waals surface area (Å²) in [6, 6.07) is 3.57. The lowest BCUT2D eigenvalue weighted by Crippen LogP contribution is -2.12. The van der Waals surface area contributed by atoms with Crippen molar-refractivity contribution >= 4 is 11.8 Å². The predicted molar refractivity (Wildman–Crippen MR) is 61.8 cm³/mol. The molecule has 5 nitrogen and oxygen atoms in total. The molecule has 0 saturated heterocycles. The summed E-state index contributed by atoms with van der Waals surface area (Å²) in [5, 5.41) is 8.24. The largest absolute Gasteiger partial charge is 0.459 e. The molecule has 0 aliphatic rings. The highest BCUT2D eigenvalue weighted by molar-refractivity contribution is 7.99. The third kappa shape index (κ3) is 2.65. The van der Waals surface area contributed by atoms with Crippen LogP contribution in [-0.2, 0) is 5.75 Å². The zero-order chi connectivity index (χ0) is 11.4. The summed E-state index contributed by atoms with van der Waals surface area (Å²) in [5.74, 6) is 2.28. The maximum atomic E-state index is 5.52. The lowest BCUT2D eigenvalue weighted by atomic mass is 10.5. The first-order chi connectivity index (χ1) is 7.79. The Hall–Kier alpha value is -1.27. The van der Waals surface area contributed by atoms with Gasteiger partial charge in [0.05, 0.1) is 12.0 Å². The van der Waals surface area contributed by atoms with Crippen molar-refractivity contribution in [1.82, 2.24) is 10.2 Å². The van der Waals surface area contributed by atoms with Crippen LogP contribution in [0.5, 0.6) is 0 Å². The van der Waals surface area contributed by atoms with Gasteiger partial charge >= 0.3 is 0 Å². The van der Waals surface area contributed by atoms with Gasteiger partial charge in [-0.1, -0.05) is 6.92 Å². The molecule has 2 heterocycles. The van der Waals surface area contributed by atoms with Crippen molar-refractivity contribution in [2.45, 2.75) is 17.9 Å². The number of hydrogen-bond donors (Lipinski definition) is 1. The van der Waals surface area contributed by atoms with E-state index >= 15 is 0 Å². The van der Waals surface area contributed by atoms with Gasteiger partial charge in [0.25, 0.3) is 5.89 Å². The number of hydrogen-bond acceptors (Lipinski definition) is 6. The van der Waals surface area contributed by atoms with E-state index in [2.05, 4.69) is 17.1 Å². The van der Waals surface area contributed by atoms with Crippen LogP contribution in [0.2, 0.25) is 0 Å². The van der Waals surface area contributed by atoms with Gasteiger partial charge in [0.15, 0.2) is 5.76 Å². The Morgan fingerprint density at radius 1 is 1.50 bits per heavy atom. The number of furan rings is 1. The first-order valence-electron chi connectivity index (χ1n) is 4.97. The van der Waals surface area contributed by atoms with Gasteiger partial charge in [-0.25, -0.2) is 0 Å². The van der Waals surface area contributed by atoms with E-state index in [4.69, 9.17) is 14.6 Å². The molecule has 2 N–H and O–H groups in total. The zero-order valence-electron chi connectivity index (χ0n) is 8.92. The summed E-state index contributed by atoms with van der Waals surface area (Å²) < 4.78 is 10.6. The first-order valence-corrected chi connectivity index (χ1v) is 6.02. The Bertz CT molecular complexity index is 427. The number of thioether (sulfide) groups is 1. The molecular weight excluding hydrogens is 226 g/mol. The second-order valence-electron chi connectivity index (χ2n) is 3.34. The number of nitrogens with two attached hydrogens (primary N) is 1. The Labute approximate surface area is 97.4 Å². The quantitative estimate of drug-likeness (QED) is 0.858. The Morgan fingerprint density at radius 2 is 2.38 bits per heavy atom. The van der Waals surface area contributed by atoms with Gasteiger partial charge in [0.2, 0.25) is 5.89 Å². The van der Waals surface area contributed by atoms with Crippen LogP contribution in [0, 0.1) is 0 Å². The van der Waals surface area contributed by atoms with Gasteiger partial charge in [-0.2, -0.15) is 0 Å². The molecule has 6 heteroatoms. The highest BCUT2D eigenvalue weighted by Crippen LogP contribution is 2.21. The lowest BCUT2D eigenvalue weighted by Gasteiger charge is -2.04. The van der Waals surface area contributed by atoms with Crippen molar-refractivity contribution < 1.29 is 8.83 Å². The second kappa shape index (κ2) is 5.18. The summed E-state index contributed by atoms with van der Waals surface area (Å²) in [5.41, 5.74) is 5.52. The first kappa shape index (κ1) is 11.2. The van der Waals surface area contributed by atoms with Gasteiger partial charge in [0.1, 0.15) is 0 Å². The molecule has 0 saturated carbocycles.